The highest BCUT2D eigenvalue weighted by Gasteiger charge is 2.05. The monoisotopic (exact) mass is 316 g/mol. The fourth-order valence-corrected chi connectivity index (χ4v) is 3.20. The molecule has 3 nitrogen and oxygen atoms in total. The maximum Gasteiger partial charge on any atom is 0.258 e. The van der Waals surface area contributed by atoms with Crippen molar-refractivity contribution < 1.29 is 0 Å². The second kappa shape index (κ2) is 5.92. The number of hydrogen-bond donors (Lipinski definition) is 0. The van der Waals surface area contributed by atoms with Crippen LogP contribution in [0.1, 0.15) is 11.3 Å². The Kier molecular flexibility index (Phi) is 3.99. The molecule has 1 aromatic carbocycles. The summed E-state index contributed by atoms with van der Waals surface area (Å²) in [5.41, 5.74) is 2.43. The zero-order chi connectivity index (χ0) is 14.8. The third-order valence-electron chi connectivity index (χ3n) is 3.12. The van der Waals surface area contributed by atoms with E-state index in [2.05, 4.69) is 4.98 Å². The summed E-state index contributed by atoms with van der Waals surface area (Å²) in [6.45, 7) is 1.95. The highest BCUT2D eigenvalue weighted by Crippen LogP contribution is 2.24. The Morgan fingerprint density at radius 2 is 2.10 bits per heavy atom. The molecule has 0 N–H and O–H groups in total. The average Bonchev–Trinajstić information content (AvgIpc) is 2.46. The summed E-state index contributed by atoms with van der Waals surface area (Å²) in [6, 6.07) is 13.1. The molecule has 0 fully saturated rings. The lowest BCUT2D eigenvalue weighted by Crippen LogP contribution is -2.15. The van der Waals surface area contributed by atoms with Crippen LogP contribution in [0.4, 0.5) is 0 Å². The highest BCUT2D eigenvalue weighted by atomic mass is 35.5. The molecule has 3 rings (SSSR count). The summed E-state index contributed by atoms with van der Waals surface area (Å²) >= 11 is 7.58. The second-order valence-corrected chi connectivity index (χ2v) is 6.20. The molecule has 0 bridgehead atoms. The van der Waals surface area contributed by atoms with Crippen molar-refractivity contribution in [3.63, 3.8) is 0 Å². The van der Waals surface area contributed by atoms with E-state index in [0.29, 0.717) is 16.4 Å². The van der Waals surface area contributed by atoms with E-state index in [9.17, 15) is 4.79 Å². The fraction of sp³-hybridized carbons (Fsp3) is 0.125. The Bertz CT molecular complexity index is 860. The van der Waals surface area contributed by atoms with Crippen molar-refractivity contribution in [3.05, 3.63) is 75.3 Å². The van der Waals surface area contributed by atoms with Gasteiger partial charge < -0.3 is 0 Å². The Labute approximate surface area is 131 Å². The van der Waals surface area contributed by atoms with Gasteiger partial charge in [0.15, 0.2) is 0 Å². The van der Waals surface area contributed by atoms with Crippen LogP contribution in [0.2, 0.25) is 5.02 Å². The second-order valence-electron chi connectivity index (χ2n) is 4.72. The topological polar surface area (TPSA) is 34.4 Å². The van der Waals surface area contributed by atoms with E-state index in [1.807, 2.05) is 43.3 Å². The van der Waals surface area contributed by atoms with Gasteiger partial charge in [0, 0.05) is 27.9 Å². The summed E-state index contributed by atoms with van der Waals surface area (Å²) in [5.74, 6) is 0.639. The van der Waals surface area contributed by atoms with Gasteiger partial charge in [-0.25, -0.2) is 4.98 Å². The molecule has 0 aliphatic rings. The number of pyridine rings is 1. The molecule has 3 aromatic rings. The van der Waals surface area contributed by atoms with E-state index in [0.717, 1.165) is 16.2 Å². The lowest BCUT2D eigenvalue weighted by atomic mass is 10.3. The van der Waals surface area contributed by atoms with Gasteiger partial charge in [-0.05, 0) is 36.8 Å². The van der Waals surface area contributed by atoms with Gasteiger partial charge in [-0.3, -0.25) is 9.20 Å². The van der Waals surface area contributed by atoms with E-state index in [1.54, 1.807) is 28.4 Å². The predicted molar refractivity (Wildman–Crippen MR) is 87.2 cm³/mol. The normalized spacial score (nSPS) is 11.0. The van der Waals surface area contributed by atoms with Crippen molar-refractivity contribution in [2.24, 2.45) is 0 Å². The van der Waals surface area contributed by atoms with Crippen LogP contribution in [0.15, 0.2) is 58.4 Å². The third kappa shape index (κ3) is 3.12. The Balaban J connectivity index is 1.91. The molecule has 0 atom stereocenters. The first-order chi connectivity index (χ1) is 10.1. The van der Waals surface area contributed by atoms with Crippen LogP contribution in [-0.2, 0) is 5.75 Å². The smallest absolute Gasteiger partial charge is 0.258 e. The van der Waals surface area contributed by atoms with Gasteiger partial charge >= 0.3 is 0 Å². The highest BCUT2D eigenvalue weighted by molar-refractivity contribution is 7.98. The Hall–Kier alpha value is -1.78. The largest absolute Gasteiger partial charge is 0.269 e. The molecule has 2 heterocycles. The number of hydrogen-bond acceptors (Lipinski definition) is 3. The SMILES string of the molecule is Cc1cccn2c(=O)cc(CSc3cccc(Cl)c3)nc12. The molecule has 0 aliphatic heterocycles. The molecule has 0 aliphatic carbocycles. The number of fused-ring (bicyclic) bond motifs is 1. The van der Waals surface area contributed by atoms with Gasteiger partial charge in [0.25, 0.3) is 5.56 Å². The number of nitrogens with zero attached hydrogens (tertiary/aromatic N) is 2. The Morgan fingerprint density at radius 1 is 1.24 bits per heavy atom. The maximum absolute atomic E-state index is 12.1. The summed E-state index contributed by atoms with van der Waals surface area (Å²) in [7, 11) is 0. The van der Waals surface area contributed by atoms with Crippen LogP contribution in [0, 0.1) is 6.92 Å². The molecule has 21 heavy (non-hydrogen) atoms. The molecule has 0 saturated carbocycles. The van der Waals surface area contributed by atoms with Crippen molar-refractivity contribution in [2.75, 3.05) is 0 Å². The van der Waals surface area contributed by atoms with Gasteiger partial charge in [0.05, 0.1) is 5.69 Å². The molecule has 2 aromatic heterocycles. The minimum atomic E-state index is -0.0506. The van der Waals surface area contributed by atoms with Gasteiger partial charge in [0.2, 0.25) is 0 Å². The molecular formula is C16H13ClN2OS. The Morgan fingerprint density at radius 3 is 2.90 bits per heavy atom. The molecule has 0 amide bonds. The quantitative estimate of drug-likeness (QED) is 0.686. The van der Waals surface area contributed by atoms with Crippen molar-refractivity contribution in [1.29, 1.82) is 0 Å². The predicted octanol–water partition coefficient (Wildman–Crippen LogP) is 3.95. The summed E-state index contributed by atoms with van der Waals surface area (Å²) in [4.78, 5) is 17.8. The van der Waals surface area contributed by atoms with Crippen LogP contribution in [0.3, 0.4) is 0 Å². The molecular weight excluding hydrogens is 304 g/mol. The van der Waals surface area contributed by atoms with Gasteiger partial charge in [-0.15, -0.1) is 11.8 Å². The number of aromatic nitrogens is 2. The van der Waals surface area contributed by atoms with E-state index < -0.39 is 0 Å². The van der Waals surface area contributed by atoms with Crippen molar-refractivity contribution >= 4 is 29.0 Å². The number of benzene rings is 1. The minimum absolute atomic E-state index is 0.0506. The number of thioether (sulfide) groups is 1. The lowest BCUT2D eigenvalue weighted by molar-refractivity contribution is 1.00. The van der Waals surface area contributed by atoms with Crippen molar-refractivity contribution in [1.82, 2.24) is 9.38 Å². The van der Waals surface area contributed by atoms with E-state index in [-0.39, 0.29) is 5.56 Å². The zero-order valence-electron chi connectivity index (χ0n) is 11.4. The van der Waals surface area contributed by atoms with Crippen molar-refractivity contribution in [2.45, 2.75) is 17.6 Å². The fourth-order valence-electron chi connectivity index (χ4n) is 2.10. The van der Waals surface area contributed by atoms with Crippen LogP contribution in [0.5, 0.6) is 0 Å². The van der Waals surface area contributed by atoms with E-state index in [4.69, 9.17) is 11.6 Å². The first-order valence-electron chi connectivity index (χ1n) is 6.50. The minimum Gasteiger partial charge on any atom is -0.269 e. The van der Waals surface area contributed by atoms with Crippen LogP contribution < -0.4 is 5.56 Å². The first kappa shape index (κ1) is 14.2. The molecule has 5 heteroatoms. The number of halogens is 1. The van der Waals surface area contributed by atoms with Crippen LogP contribution >= 0.6 is 23.4 Å². The van der Waals surface area contributed by atoms with E-state index >= 15 is 0 Å². The third-order valence-corrected chi connectivity index (χ3v) is 4.38. The summed E-state index contributed by atoms with van der Waals surface area (Å²) in [6.07, 6.45) is 1.74. The maximum atomic E-state index is 12.1. The van der Waals surface area contributed by atoms with Crippen LogP contribution in [0.25, 0.3) is 5.65 Å². The molecule has 0 unspecified atom stereocenters. The standard InChI is InChI=1S/C16H13ClN2OS/c1-11-4-3-7-19-15(20)9-13(18-16(11)19)10-21-14-6-2-5-12(17)8-14/h2-9H,10H2,1H3. The summed E-state index contributed by atoms with van der Waals surface area (Å²) < 4.78 is 1.57. The molecule has 0 radical (unpaired) electrons. The zero-order valence-corrected chi connectivity index (χ0v) is 13.0. The van der Waals surface area contributed by atoms with Gasteiger partial charge in [-0.1, -0.05) is 23.7 Å². The molecule has 106 valence electrons. The van der Waals surface area contributed by atoms with E-state index in [1.165, 1.54) is 0 Å². The molecule has 0 spiro atoms. The number of rotatable bonds is 3. The van der Waals surface area contributed by atoms with Crippen LogP contribution in [-0.4, -0.2) is 9.38 Å². The first-order valence-corrected chi connectivity index (χ1v) is 7.86. The van der Waals surface area contributed by atoms with Gasteiger partial charge in [-0.2, -0.15) is 0 Å². The van der Waals surface area contributed by atoms with Crippen molar-refractivity contribution in [3.8, 4) is 0 Å². The average molecular weight is 317 g/mol. The number of aryl methyl sites for hydroxylation is 1. The van der Waals surface area contributed by atoms with Gasteiger partial charge in [0.1, 0.15) is 5.65 Å². The lowest BCUT2D eigenvalue weighted by Gasteiger charge is -2.06. The molecule has 0 saturated heterocycles. The summed E-state index contributed by atoms with van der Waals surface area (Å²) in [5, 5.41) is 0.711.